The summed E-state index contributed by atoms with van der Waals surface area (Å²) in [5.41, 5.74) is 0.675. The number of rotatable bonds is 6. The Morgan fingerprint density at radius 3 is 2.03 bits per heavy atom. The molecule has 0 spiro atoms. The average Bonchev–Trinajstić information content (AvgIpc) is 3.08. The molecule has 3 atom stereocenters. The van der Waals surface area contributed by atoms with Gasteiger partial charge in [0.1, 0.15) is 6.04 Å². The van der Waals surface area contributed by atoms with E-state index in [1.165, 1.54) is 12.1 Å². The molecular formula is C25H25ClN2O4. The van der Waals surface area contributed by atoms with E-state index in [1.807, 2.05) is 0 Å². The topological polar surface area (TPSA) is 74.8 Å². The third-order valence-corrected chi connectivity index (χ3v) is 6.63. The van der Waals surface area contributed by atoms with E-state index in [9.17, 15) is 19.2 Å². The molecule has 7 heteroatoms. The minimum atomic E-state index is -0.992. The van der Waals surface area contributed by atoms with Gasteiger partial charge in [0.05, 0.1) is 11.8 Å². The predicted octanol–water partition coefficient (Wildman–Crippen LogP) is 4.53. The van der Waals surface area contributed by atoms with Crippen LogP contribution in [0.15, 0.2) is 54.6 Å². The number of hydrogen-bond donors (Lipinski definition) is 0. The highest BCUT2D eigenvalue weighted by atomic mass is 35.5. The molecule has 1 aliphatic carbocycles. The summed E-state index contributed by atoms with van der Waals surface area (Å²) in [6.45, 7) is 1.77. The van der Waals surface area contributed by atoms with Crippen LogP contribution in [-0.2, 0) is 9.59 Å². The van der Waals surface area contributed by atoms with Crippen LogP contribution >= 0.6 is 11.6 Å². The third kappa shape index (κ3) is 3.95. The highest BCUT2D eigenvalue weighted by Crippen LogP contribution is 2.39. The maximum absolute atomic E-state index is 13.7. The van der Waals surface area contributed by atoms with Gasteiger partial charge in [0.25, 0.3) is 17.7 Å². The molecule has 4 rings (SSSR count). The van der Waals surface area contributed by atoms with Crippen LogP contribution in [0.5, 0.6) is 0 Å². The standard InChI is InChI=1S/C25H25ClN2O4/c1-2-21(22(29)16-8-4-3-5-9-16)27(23(30)17-12-14-18(26)15-13-17)28-24(31)19-10-6-7-11-20(19)25(28)32/h3-5,8-9,12-15,19-21H,2,6-7,10-11H2,1H3/t19-,20+,21-/m0/s1. The molecule has 1 saturated heterocycles. The molecule has 3 amide bonds. The quantitative estimate of drug-likeness (QED) is 0.476. The largest absolute Gasteiger partial charge is 0.292 e. The maximum atomic E-state index is 13.7. The van der Waals surface area contributed by atoms with Crippen LogP contribution in [0.4, 0.5) is 0 Å². The summed E-state index contributed by atoms with van der Waals surface area (Å²) < 4.78 is 0. The second-order valence-electron chi connectivity index (χ2n) is 8.30. The Bertz CT molecular complexity index is 1010. The molecule has 1 heterocycles. The molecule has 2 aromatic rings. The molecule has 2 aliphatic rings. The van der Waals surface area contributed by atoms with Gasteiger partial charge in [0.2, 0.25) is 0 Å². The van der Waals surface area contributed by atoms with Gasteiger partial charge < -0.3 is 0 Å². The van der Waals surface area contributed by atoms with E-state index in [2.05, 4.69) is 0 Å². The lowest BCUT2D eigenvalue weighted by molar-refractivity contribution is -0.156. The highest BCUT2D eigenvalue weighted by molar-refractivity contribution is 6.30. The summed E-state index contributed by atoms with van der Waals surface area (Å²) in [5.74, 6) is -2.52. The molecule has 2 aromatic carbocycles. The monoisotopic (exact) mass is 452 g/mol. The van der Waals surface area contributed by atoms with Gasteiger partial charge in [-0.1, -0.05) is 61.7 Å². The number of carbonyl (C=O) groups is 4. The minimum Gasteiger partial charge on any atom is -0.292 e. The van der Waals surface area contributed by atoms with Crippen molar-refractivity contribution in [2.24, 2.45) is 11.8 Å². The number of nitrogens with zero attached hydrogens (tertiary/aromatic N) is 2. The molecule has 0 bridgehead atoms. The number of benzene rings is 2. The number of ketones is 1. The Hall–Kier alpha value is -2.99. The fourth-order valence-electron chi connectivity index (χ4n) is 4.72. The maximum Gasteiger partial charge on any atom is 0.273 e. The van der Waals surface area contributed by atoms with Crippen LogP contribution in [0.25, 0.3) is 0 Å². The van der Waals surface area contributed by atoms with E-state index in [1.54, 1.807) is 49.4 Å². The molecule has 0 aromatic heterocycles. The lowest BCUT2D eigenvalue weighted by Crippen LogP contribution is -2.57. The van der Waals surface area contributed by atoms with E-state index in [-0.39, 0.29) is 29.6 Å². The number of hydrazine groups is 1. The summed E-state index contributed by atoms with van der Waals surface area (Å²) in [6, 6.07) is 13.8. The second-order valence-corrected chi connectivity index (χ2v) is 8.73. The highest BCUT2D eigenvalue weighted by Gasteiger charge is 2.53. The lowest BCUT2D eigenvalue weighted by Gasteiger charge is -2.36. The van der Waals surface area contributed by atoms with Crippen LogP contribution in [0, 0.1) is 11.8 Å². The normalized spacial score (nSPS) is 21.2. The molecule has 6 nitrogen and oxygen atoms in total. The summed E-state index contributed by atoms with van der Waals surface area (Å²) >= 11 is 5.97. The van der Waals surface area contributed by atoms with Crippen molar-refractivity contribution in [2.45, 2.75) is 45.1 Å². The van der Waals surface area contributed by atoms with Crippen LogP contribution in [0.1, 0.15) is 59.7 Å². The van der Waals surface area contributed by atoms with Gasteiger partial charge in [-0.15, -0.1) is 0 Å². The first-order valence-electron chi connectivity index (χ1n) is 11.0. The van der Waals surface area contributed by atoms with Gasteiger partial charge in [-0.25, -0.2) is 5.01 Å². The van der Waals surface area contributed by atoms with Crippen molar-refractivity contribution in [3.63, 3.8) is 0 Å². The van der Waals surface area contributed by atoms with E-state index in [0.29, 0.717) is 23.4 Å². The SMILES string of the molecule is CC[C@@H](C(=O)c1ccccc1)N(C(=O)c1ccc(Cl)cc1)N1C(=O)[C@H]2CCCC[C@H]2C1=O. The van der Waals surface area contributed by atoms with Crippen molar-refractivity contribution < 1.29 is 19.2 Å². The van der Waals surface area contributed by atoms with E-state index < -0.39 is 23.8 Å². The summed E-state index contributed by atoms with van der Waals surface area (Å²) in [7, 11) is 0. The van der Waals surface area contributed by atoms with Crippen molar-refractivity contribution in [3.05, 3.63) is 70.7 Å². The van der Waals surface area contributed by atoms with Gasteiger partial charge in [-0.2, -0.15) is 5.01 Å². The first-order chi connectivity index (χ1) is 15.4. The van der Waals surface area contributed by atoms with Crippen molar-refractivity contribution in [1.29, 1.82) is 0 Å². The Morgan fingerprint density at radius 1 is 0.938 bits per heavy atom. The van der Waals surface area contributed by atoms with Crippen molar-refractivity contribution in [3.8, 4) is 0 Å². The Morgan fingerprint density at radius 2 is 1.50 bits per heavy atom. The van der Waals surface area contributed by atoms with Crippen molar-refractivity contribution in [1.82, 2.24) is 10.0 Å². The van der Waals surface area contributed by atoms with Crippen molar-refractivity contribution in [2.75, 3.05) is 0 Å². The second kappa shape index (κ2) is 9.25. The summed E-state index contributed by atoms with van der Waals surface area (Å²) in [6.07, 6.45) is 3.24. The van der Waals surface area contributed by atoms with Crippen LogP contribution in [0.2, 0.25) is 5.02 Å². The number of halogens is 1. The number of fused-ring (bicyclic) bond motifs is 1. The molecular weight excluding hydrogens is 428 g/mol. The van der Waals surface area contributed by atoms with E-state index in [4.69, 9.17) is 11.6 Å². The molecule has 2 fully saturated rings. The van der Waals surface area contributed by atoms with E-state index in [0.717, 1.165) is 22.9 Å². The van der Waals surface area contributed by atoms with Gasteiger partial charge in [0, 0.05) is 16.1 Å². The number of imide groups is 1. The predicted molar refractivity (Wildman–Crippen MR) is 120 cm³/mol. The molecule has 166 valence electrons. The number of hydrogen-bond acceptors (Lipinski definition) is 4. The first-order valence-corrected chi connectivity index (χ1v) is 11.4. The van der Waals surface area contributed by atoms with Gasteiger partial charge >= 0.3 is 0 Å². The Labute approximate surface area is 192 Å². The molecule has 0 N–H and O–H groups in total. The smallest absolute Gasteiger partial charge is 0.273 e. The van der Waals surface area contributed by atoms with Crippen molar-refractivity contribution >= 4 is 35.1 Å². The van der Waals surface area contributed by atoms with Crippen LogP contribution in [-0.4, -0.2) is 39.6 Å². The zero-order valence-corrected chi connectivity index (χ0v) is 18.6. The molecule has 1 saturated carbocycles. The molecule has 0 unspecified atom stereocenters. The van der Waals surface area contributed by atoms with E-state index >= 15 is 0 Å². The lowest BCUT2D eigenvalue weighted by atomic mass is 9.81. The zero-order chi connectivity index (χ0) is 22.8. The summed E-state index contributed by atoms with van der Waals surface area (Å²) in [4.78, 5) is 53.8. The fraction of sp³-hybridized carbons (Fsp3) is 0.360. The fourth-order valence-corrected chi connectivity index (χ4v) is 4.84. The minimum absolute atomic E-state index is 0.249. The zero-order valence-electron chi connectivity index (χ0n) is 17.9. The van der Waals surface area contributed by atoms with Gasteiger partial charge in [0.15, 0.2) is 5.78 Å². The van der Waals surface area contributed by atoms with Crippen LogP contribution in [0.3, 0.4) is 0 Å². The Balaban J connectivity index is 1.78. The number of Topliss-reactive ketones (excluding diaryl/α,β-unsaturated/α-hetero) is 1. The number of amides is 3. The summed E-state index contributed by atoms with van der Waals surface area (Å²) in [5, 5.41) is 2.52. The molecule has 32 heavy (non-hydrogen) atoms. The average molecular weight is 453 g/mol. The van der Waals surface area contributed by atoms with Crippen LogP contribution < -0.4 is 0 Å². The van der Waals surface area contributed by atoms with Gasteiger partial charge in [-0.05, 0) is 43.5 Å². The first kappa shape index (κ1) is 22.2. The van der Waals surface area contributed by atoms with Gasteiger partial charge in [-0.3, -0.25) is 19.2 Å². The Kier molecular flexibility index (Phi) is 6.42. The molecule has 1 aliphatic heterocycles. The molecule has 0 radical (unpaired) electrons. The third-order valence-electron chi connectivity index (χ3n) is 6.38. The number of carbonyl (C=O) groups excluding carboxylic acids is 4.